The van der Waals surface area contributed by atoms with E-state index >= 15 is 0 Å². The summed E-state index contributed by atoms with van der Waals surface area (Å²) in [7, 11) is 1.67. The molecule has 1 amide bonds. The average Bonchev–Trinajstić information content (AvgIpc) is 3.50. The zero-order chi connectivity index (χ0) is 18.2. The van der Waals surface area contributed by atoms with Crippen molar-refractivity contribution in [1.82, 2.24) is 10.2 Å². The fraction of sp³-hybridized carbons (Fsp3) is 0.409. The van der Waals surface area contributed by atoms with Gasteiger partial charge in [0, 0.05) is 13.1 Å². The summed E-state index contributed by atoms with van der Waals surface area (Å²) >= 11 is 0. The van der Waals surface area contributed by atoms with Crippen LogP contribution in [0.4, 0.5) is 0 Å². The molecule has 4 nitrogen and oxygen atoms in total. The number of amides is 1. The molecule has 146 valence electrons. The van der Waals surface area contributed by atoms with E-state index in [0.29, 0.717) is 19.6 Å². The Hall–Kier alpha value is -2.04. The number of hydrogen-bond donors (Lipinski definition) is 1. The third-order valence-corrected chi connectivity index (χ3v) is 4.80. The van der Waals surface area contributed by atoms with E-state index in [9.17, 15) is 4.79 Å². The molecule has 0 spiro atoms. The van der Waals surface area contributed by atoms with Crippen molar-refractivity contribution < 1.29 is 9.53 Å². The predicted molar refractivity (Wildman–Crippen MR) is 111 cm³/mol. The van der Waals surface area contributed by atoms with E-state index in [-0.39, 0.29) is 18.3 Å². The smallest absolute Gasteiger partial charge is 0.236 e. The lowest BCUT2D eigenvalue weighted by Gasteiger charge is -2.23. The van der Waals surface area contributed by atoms with Gasteiger partial charge in [0.1, 0.15) is 5.75 Å². The van der Waals surface area contributed by atoms with Crippen LogP contribution in [0.3, 0.4) is 0 Å². The molecule has 0 atom stereocenters. The normalized spacial score (nSPS) is 12.9. The first-order chi connectivity index (χ1) is 12.7. The molecule has 3 rings (SSSR count). The standard InChI is InChI=1S/C22H28N2O2.ClH/c1-26-21-11-9-18(10-12-21)13-14-24(17-20-5-3-2-4-6-20)22(25)16-23-15-19-7-8-19;/h2-6,9-12,19,23H,7-8,13-17H2,1H3;1H. The van der Waals surface area contributed by atoms with Gasteiger partial charge in [0.2, 0.25) is 5.91 Å². The molecule has 5 heteroatoms. The highest BCUT2D eigenvalue weighted by Gasteiger charge is 2.21. The molecular weight excluding hydrogens is 360 g/mol. The number of hydrogen-bond acceptors (Lipinski definition) is 3. The molecule has 0 unspecified atom stereocenters. The van der Waals surface area contributed by atoms with E-state index in [0.717, 1.165) is 30.2 Å². The Kier molecular flexibility index (Phi) is 8.62. The molecular formula is C22H29ClN2O2. The largest absolute Gasteiger partial charge is 0.497 e. The van der Waals surface area contributed by atoms with Gasteiger partial charge in [-0.15, -0.1) is 12.4 Å². The molecule has 0 radical (unpaired) electrons. The molecule has 0 aromatic heterocycles. The van der Waals surface area contributed by atoms with Crippen LogP contribution in [0.25, 0.3) is 0 Å². The van der Waals surface area contributed by atoms with Gasteiger partial charge in [0.15, 0.2) is 0 Å². The zero-order valence-electron chi connectivity index (χ0n) is 15.9. The predicted octanol–water partition coefficient (Wildman–Crippen LogP) is 3.69. The topological polar surface area (TPSA) is 41.6 Å². The second-order valence-corrected chi connectivity index (χ2v) is 6.97. The van der Waals surface area contributed by atoms with Crippen LogP contribution >= 0.6 is 12.4 Å². The molecule has 1 fully saturated rings. The highest BCUT2D eigenvalue weighted by Crippen LogP contribution is 2.27. The number of methoxy groups -OCH3 is 1. The summed E-state index contributed by atoms with van der Waals surface area (Å²) in [6, 6.07) is 18.3. The van der Waals surface area contributed by atoms with Crippen LogP contribution in [-0.2, 0) is 17.8 Å². The Balaban J connectivity index is 0.00000261. The first kappa shape index (κ1) is 21.3. The number of nitrogens with one attached hydrogen (secondary N) is 1. The second-order valence-electron chi connectivity index (χ2n) is 6.97. The Morgan fingerprint density at radius 3 is 2.41 bits per heavy atom. The van der Waals surface area contributed by atoms with Crippen molar-refractivity contribution >= 4 is 18.3 Å². The van der Waals surface area contributed by atoms with Crippen LogP contribution in [0, 0.1) is 5.92 Å². The minimum absolute atomic E-state index is 0. The van der Waals surface area contributed by atoms with Crippen LogP contribution < -0.4 is 10.1 Å². The number of carbonyl (C=O) groups excluding carboxylic acids is 1. The van der Waals surface area contributed by atoms with Crippen LogP contribution in [0.5, 0.6) is 5.75 Å². The van der Waals surface area contributed by atoms with Crippen molar-refractivity contribution in [2.75, 3.05) is 26.7 Å². The number of nitrogens with zero attached hydrogens (tertiary/aromatic N) is 1. The summed E-state index contributed by atoms with van der Waals surface area (Å²) in [5, 5.41) is 3.32. The molecule has 1 N–H and O–H groups in total. The van der Waals surface area contributed by atoms with Gasteiger partial charge in [0.25, 0.3) is 0 Å². The van der Waals surface area contributed by atoms with E-state index in [1.807, 2.05) is 35.2 Å². The Morgan fingerprint density at radius 2 is 1.78 bits per heavy atom. The van der Waals surface area contributed by atoms with Gasteiger partial charge in [-0.3, -0.25) is 4.79 Å². The van der Waals surface area contributed by atoms with Crippen molar-refractivity contribution in [1.29, 1.82) is 0 Å². The van der Waals surface area contributed by atoms with Crippen molar-refractivity contribution in [3.8, 4) is 5.75 Å². The second kappa shape index (κ2) is 11.0. The van der Waals surface area contributed by atoms with Crippen LogP contribution in [0.15, 0.2) is 54.6 Å². The molecule has 1 saturated carbocycles. The lowest BCUT2D eigenvalue weighted by atomic mass is 10.1. The Morgan fingerprint density at radius 1 is 1.07 bits per heavy atom. The van der Waals surface area contributed by atoms with Crippen molar-refractivity contribution in [3.63, 3.8) is 0 Å². The van der Waals surface area contributed by atoms with Gasteiger partial charge in [-0.1, -0.05) is 42.5 Å². The average molecular weight is 389 g/mol. The van der Waals surface area contributed by atoms with Gasteiger partial charge in [-0.05, 0) is 55.0 Å². The SMILES string of the molecule is COc1ccc(CCN(Cc2ccccc2)C(=O)CNCC2CC2)cc1.Cl. The van der Waals surface area contributed by atoms with Crippen molar-refractivity contribution in [2.45, 2.75) is 25.8 Å². The van der Waals surface area contributed by atoms with Crippen LogP contribution in [0.2, 0.25) is 0 Å². The molecule has 27 heavy (non-hydrogen) atoms. The number of carbonyl (C=O) groups is 1. The maximum atomic E-state index is 12.7. The fourth-order valence-electron chi connectivity index (χ4n) is 2.97. The van der Waals surface area contributed by atoms with Crippen LogP contribution in [0.1, 0.15) is 24.0 Å². The van der Waals surface area contributed by atoms with Gasteiger partial charge in [0.05, 0.1) is 13.7 Å². The summed E-state index contributed by atoms with van der Waals surface area (Å²) in [5.74, 6) is 1.81. The quantitative estimate of drug-likeness (QED) is 0.675. The molecule has 0 aliphatic heterocycles. The van der Waals surface area contributed by atoms with Crippen molar-refractivity contribution in [2.24, 2.45) is 5.92 Å². The van der Waals surface area contributed by atoms with Gasteiger partial charge < -0.3 is 15.0 Å². The highest BCUT2D eigenvalue weighted by molar-refractivity contribution is 5.85. The summed E-state index contributed by atoms with van der Waals surface area (Å²) < 4.78 is 5.21. The fourth-order valence-corrected chi connectivity index (χ4v) is 2.97. The molecule has 0 heterocycles. The number of benzene rings is 2. The van der Waals surface area contributed by atoms with Crippen molar-refractivity contribution in [3.05, 3.63) is 65.7 Å². The van der Waals surface area contributed by atoms with Gasteiger partial charge >= 0.3 is 0 Å². The molecule has 0 saturated heterocycles. The van der Waals surface area contributed by atoms with E-state index in [4.69, 9.17) is 4.74 Å². The minimum atomic E-state index is 0. The highest BCUT2D eigenvalue weighted by atomic mass is 35.5. The minimum Gasteiger partial charge on any atom is -0.497 e. The lowest BCUT2D eigenvalue weighted by molar-refractivity contribution is -0.130. The zero-order valence-corrected chi connectivity index (χ0v) is 16.7. The maximum Gasteiger partial charge on any atom is 0.236 e. The Labute approximate surface area is 168 Å². The molecule has 2 aromatic rings. The first-order valence-corrected chi connectivity index (χ1v) is 9.40. The van der Waals surface area contributed by atoms with E-state index in [1.54, 1.807) is 7.11 Å². The third kappa shape index (κ3) is 7.24. The summed E-state index contributed by atoms with van der Waals surface area (Å²) in [5.41, 5.74) is 2.38. The monoisotopic (exact) mass is 388 g/mol. The number of rotatable bonds is 10. The lowest BCUT2D eigenvalue weighted by Crippen LogP contribution is -2.39. The Bertz CT molecular complexity index is 687. The third-order valence-electron chi connectivity index (χ3n) is 4.80. The number of ether oxygens (including phenoxy) is 1. The maximum absolute atomic E-state index is 12.7. The molecule has 1 aliphatic carbocycles. The van der Waals surface area contributed by atoms with Crippen LogP contribution in [-0.4, -0.2) is 37.6 Å². The first-order valence-electron chi connectivity index (χ1n) is 9.40. The summed E-state index contributed by atoms with van der Waals surface area (Å²) in [4.78, 5) is 14.7. The molecule has 2 aromatic carbocycles. The van der Waals surface area contributed by atoms with Gasteiger partial charge in [-0.2, -0.15) is 0 Å². The van der Waals surface area contributed by atoms with E-state index < -0.39 is 0 Å². The molecule has 1 aliphatic rings. The van der Waals surface area contributed by atoms with E-state index in [1.165, 1.54) is 18.4 Å². The van der Waals surface area contributed by atoms with E-state index in [2.05, 4.69) is 29.6 Å². The van der Waals surface area contributed by atoms with Gasteiger partial charge in [-0.25, -0.2) is 0 Å². The summed E-state index contributed by atoms with van der Waals surface area (Å²) in [6.07, 6.45) is 3.43. The molecule has 0 bridgehead atoms. The number of halogens is 1. The summed E-state index contributed by atoms with van der Waals surface area (Å²) in [6.45, 7) is 2.75.